The number of nitrogens with one attached hydrogen (secondary N) is 2. The summed E-state index contributed by atoms with van der Waals surface area (Å²) in [7, 11) is -3.81. The third-order valence-corrected chi connectivity index (χ3v) is 7.10. The largest absolute Gasteiger partial charge is 0.352 e. The lowest BCUT2D eigenvalue weighted by atomic mass is 9.95. The van der Waals surface area contributed by atoms with Crippen LogP contribution in [0.4, 0.5) is 0 Å². The van der Waals surface area contributed by atoms with Crippen molar-refractivity contribution in [2.24, 2.45) is 0 Å². The van der Waals surface area contributed by atoms with E-state index in [2.05, 4.69) is 31.0 Å². The van der Waals surface area contributed by atoms with Gasteiger partial charge in [0.1, 0.15) is 5.01 Å². The highest BCUT2D eigenvalue weighted by atomic mass is 79.9. The predicted octanol–water partition coefficient (Wildman–Crippen LogP) is 3.30. The molecule has 1 aromatic carbocycles. The lowest BCUT2D eigenvalue weighted by molar-refractivity contribution is -0.120. The van der Waals surface area contributed by atoms with Crippen LogP contribution in [0, 0.1) is 0 Å². The van der Waals surface area contributed by atoms with E-state index in [0.717, 1.165) is 35.7 Å². The number of hydrogen-bond donors (Lipinski definition) is 2. The Hall–Kier alpha value is -1.29. The van der Waals surface area contributed by atoms with Crippen molar-refractivity contribution in [2.45, 2.75) is 43.2 Å². The summed E-state index contributed by atoms with van der Waals surface area (Å²) >= 11 is 4.62. The standard InChI is InChI=1S/C17H20BrN3O3S2/c18-13-8-6-12(7-9-13)17-21-16(11-25-17)26(23,24)19-10-15(22)20-14-4-2-1-3-5-14/h6-9,11,14,19H,1-5,10H2,(H,20,22). The highest BCUT2D eigenvalue weighted by Gasteiger charge is 2.21. The third kappa shape index (κ3) is 5.12. The maximum absolute atomic E-state index is 12.4. The van der Waals surface area contributed by atoms with E-state index >= 15 is 0 Å². The van der Waals surface area contributed by atoms with Crippen LogP contribution in [-0.2, 0) is 14.8 Å². The van der Waals surface area contributed by atoms with E-state index < -0.39 is 10.0 Å². The minimum Gasteiger partial charge on any atom is -0.352 e. The fraction of sp³-hybridized carbons (Fsp3) is 0.412. The van der Waals surface area contributed by atoms with Gasteiger partial charge in [0.15, 0.2) is 5.03 Å². The number of amides is 1. The second kappa shape index (κ2) is 8.60. The number of nitrogens with zero attached hydrogens (tertiary/aromatic N) is 1. The molecule has 1 fully saturated rings. The van der Waals surface area contributed by atoms with E-state index in [-0.39, 0.29) is 23.5 Å². The Kier molecular flexibility index (Phi) is 6.44. The molecule has 1 saturated carbocycles. The lowest BCUT2D eigenvalue weighted by Gasteiger charge is -2.22. The smallest absolute Gasteiger partial charge is 0.259 e. The number of thiazole rings is 1. The average Bonchev–Trinajstić information content (AvgIpc) is 3.13. The molecule has 1 aliphatic rings. The molecule has 26 heavy (non-hydrogen) atoms. The Labute approximate surface area is 165 Å². The summed E-state index contributed by atoms with van der Waals surface area (Å²) in [4.78, 5) is 16.2. The van der Waals surface area contributed by atoms with Crippen molar-refractivity contribution in [2.75, 3.05) is 6.54 Å². The summed E-state index contributed by atoms with van der Waals surface area (Å²) < 4.78 is 28.0. The van der Waals surface area contributed by atoms with Gasteiger partial charge in [-0.25, -0.2) is 18.1 Å². The summed E-state index contributed by atoms with van der Waals surface area (Å²) in [6.07, 6.45) is 5.33. The van der Waals surface area contributed by atoms with Gasteiger partial charge < -0.3 is 5.32 Å². The number of hydrogen-bond acceptors (Lipinski definition) is 5. The molecule has 1 amide bonds. The SMILES string of the molecule is O=C(CNS(=O)(=O)c1csc(-c2ccc(Br)cc2)n1)NC1CCCCC1. The molecule has 0 radical (unpaired) electrons. The summed E-state index contributed by atoms with van der Waals surface area (Å²) in [5.41, 5.74) is 0.842. The number of rotatable bonds is 6. The van der Waals surface area contributed by atoms with Crippen LogP contribution < -0.4 is 10.0 Å². The molecule has 1 aromatic heterocycles. The molecule has 1 heterocycles. The highest BCUT2D eigenvalue weighted by molar-refractivity contribution is 9.10. The van der Waals surface area contributed by atoms with Crippen molar-refractivity contribution in [3.05, 3.63) is 34.1 Å². The van der Waals surface area contributed by atoms with Crippen molar-refractivity contribution >= 4 is 43.2 Å². The zero-order valence-electron chi connectivity index (χ0n) is 14.1. The minimum atomic E-state index is -3.81. The van der Waals surface area contributed by atoms with Gasteiger partial charge in [0.2, 0.25) is 5.91 Å². The zero-order valence-corrected chi connectivity index (χ0v) is 17.3. The number of aromatic nitrogens is 1. The molecule has 0 aliphatic heterocycles. The Morgan fingerprint density at radius 2 is 1.88 bits per heavy atom. The van der Waals surface area contributed by atoms with Crippen molar-refractivity contribution < 1.29 is 13.2 Å². The molecule has 1 aliphatic carbocycles. The van der Waals surface area contributed by atoms with E-state index in [9.17, 15) is 13.2 Å². The van der Waals surface area contributed by atoms with Gasteiger partial charge in [-0.05, 0) is 25.0 Å². The molecule has 2 N–H and O–H groups in total. The fourth-order valence-electron chi connectivity index (χ4n) is 2.87. The van der Waals surface area contributed by atoms with Crippen LogP contribution in [0.3, 0.4) is 0 Å². The first-order chi connectivity index (χ1) is 12.4. The Morgan fingerprint density at radius 3 is 2.58 bits per heavy atom. The summed E-state index contributed by atoms with van der Waals surface area (Å²) in [6.45, 7) is -0.274. The van der Waals surface area contributed by atoms with Crippen LogP contribution in [0.1, 0.15) is 32.1 Å². The third-order valence-electron chi connectivity index (χ3n) is 4.24. The quantitative estimate of drug-likeness (QED) is 0.696. The van der Waals surface area contributed by atoms with Crippen LogP contribution >= 0.6 is 27.3 Å². The summed E-state index contributed by atoms with van der Waals surface area (Å²) in [5, 5.41) is 4.93. The molecule has 6 nitrogen and oxygen atoms in total. The van der Waals surface area contributed by atoms with Gasteiger partial charge in [0.25, 0.3) is 10.0 Å². The van der Waals surface area contributed by atoms with Crippen LogP contribution in [-0.4, -0.2) is 31.9 Å². The monoisotopic (exact) mass is 457 g/mol. The first-order valence-corrected chi connectivity index (χ1v) is 11.6. The predicted molar refractivity (Wildman–Crippen MR) is 105 cm³/mol. The molecular formula is C17H20BrN3O3S2. The minimum absolute atomic E-state index is 0.0640. The van der Waals surface area contributed by atoms with E-state index in [1.165, 1.54) is 23.1 Å². The zero-order chi connectivity index (χ0) is 18.6. The Morgan fingerprint density at radius 1 is 1.19 bits per heavy atom. The first kappa shape index (κ1) is 19.5. The number of halogens is 1. The number of carbonyl (C=O) groups is 1. The highest BCUT2D eigenvalue weighted by Crippen LogP contribution is 2.26. The summed E-state index contributed by atoms with van der Waals surface area (Å²) in [6, 6.07) is 7.63. The van der Waals surface area contributed by atoms with Crippen molar-refractivity contribution in [1.82, 2.24) is 15.0 Å². The van der Waals surface area contributed by atoms with E-state index in [0.29, 0.717) is 5.01 Å². The van der Waals surface area contributed by atoms with Crippen LogP contribution in [0.2, 0.25) is 0 Å². The molecule has 9 heteroatoms. The topological polar surface area (TPSA) is 88.2 Å². The van der Waals surface area contributed by atoms with Crippen molar-refractivity contribution in [1.29, 1.82) is 0 Å². The average molecular weight is 458 g/mol. The van der Waals surface area contributed by atoms with Crippen LogP contribution in [0.5, 0.6) is 0 Å². The van der Waals surface area contributed by atoms with Gasteiger partial charge in [0, 0.05) is 21.5 Å². The maximum atomic E-state index is 12.4. The molecule has 0 atom stereocenters. The molecule has 0 spiro atoms. The number of benzene rings is 1. The van der Waals surface area contributed by atoms with Gasteiger partial charge in [-0.15, -0.1) is 11.3 Å². The molecule has 3 rings (SSSR count). The van der Waals surface area contributed by atoms with Gasteiger partial charge >= 0.3 is 0 Å². The molecular weight excluding hydrogens is 438 g/mol. The second-order valence-electron chi connectivity index (χ2n) is 6.22. The number of carbonyl (C=O) groups excluding carboxylic acids is 1. The van der Waals surface area contributed by atoms with Gasteiger partial charge in [-0.2, -0.15) is 0 Å². The molecule has 0 bridgehead atoms. The van der Waals surface area contributed by atoms with Gasteiger partial charge in [0.05, 0.1) is 6.54 Å². The molecule has 140 valence electrons. The van der Waals surface area contributed by atoms with E-state index in [4.69, 9.17) is 0 Å². The molecule has 0 saturated heterocycles. The van der Waals surface area contributed by atoms with Crippen molar-refractivity contribution in [3.8, 4) is 10.6 Å². The second-order valence-corrected chi connectivity index (χ2v) is 9.71. The van der Waals surface area contributed by atoms with Gasteiger partial charge in [-0.1, -0.05) is 47.3 Å². The molecule has 0 unspecified atom stereocenters. The first-order valence-electron chi connectivity index (χ1n) is 8.44. The van der Waals surface area contributed by atoms with Crippen LogP contribution in [0.15, 0.2) is 39.1 Å². The normalized spacial score (nSPS) is 15.7. The Bertz CT molecular complexity index is 860. The Balaban J connectivity index is 1.59. The molecule has 2 aromatic rings. The van der Waals surface area contributed by atoms with E-state index in [1.54, 1.807) is 0 Å². The number of sulfonamides is 1. The van der Waals surface area contributed by atoms with Crippen molar-refractivity contribution in [3.63, 3.8) is 0 Å². The lowest BCUT2D eigenvalue weighted by Crippen LogP contribution is -2.42. The fourth-order valence-corrected chi connectivity index (χ4v) is 5.21. The maximum Gasteiger partial charge on any atom is 0.259 e. The summed E-state index contributed by atoms with van der Waals surface area (Å²) in [5.74, 6) is -0.302. The van der Waals surface area contributed by atoms with Gasteiger partial charge in [-0.3, -0.25) is 4.79 Å². The van der Waals surface area contributed by atoms with Crippen LogP contribution in [0.25, 0.3) is 10.6 Å². The van der Waals surface area contributed by atoms with E-state index in [1.807, 2.05) is 24.3 Å².